The first-order valence-electron chi connectivity index (χ1n) is 7.32. The maximum atomic E-state index is 6.47. The largest absolute Gasteiger partial charge is 0.368 e. The summed E-state index contributed by atoms with van der Waals surface area (Å²) < 4.78 is 0. The van der Waals surface area contributed by atoms with E-state index in [1.807, 2.05) is 0 Å². The SMILES string of the molecule is CN1CCN(c2ccc(CNC(C)(C)C)cc2Cl)CC1. The van der Waals surface area contributed by atoms with Crippen LogP contribution in [0.15, 0.2) is 18.2 Å². The molecule has 112 valence electrons. The van der Waals surface area contributed by atoms with Gasteiger partial charge in [-0.2, -0.15) is 0 Å². The minimum absolute atomic E-state index is 0.128. The summed E-state index contributed by atoms with van der Waals surface area (Å²) in [5, 5.41) is 4.35. The number of rotatable bonds is 3. The van der Waals surface area contributed by atoms with E-state index in [9.17, 15) is 0 Å². The Bertz CT molecular complexity index is 446. The Hall–Kier alpha value is -0.770. The molecule has 0 unspecified atom stereocenters. The Labute approximate surface area is 127 Å². The standard InChI is InChI=1S/C16H26ClN3/c1-16(2,3)18-12-13-5-6-15(14(17)11-13)20-9-7-19(4)8-10-20/h5-6,11,18H,7-10,12H2,1-4H3. The number of nitrogens with zero attached hydrogens (tertiary/aromatic N) is 2. The number of hydrogen-bond acceptors (Lipinski definition) is 3. The zero-order chi connectivity index (χ0) is 14.8. The molecule has 2 rings (SSSR count). The van der Waals surface area contributed by atoms with Gasteiger partial charge in [0.05, 0.1) is 10.7 Å². The first-order valence-corrected chi connectivity index (χ1v) is 7.70. The molecule has 0 spiro atoms. The molecule has 4 heteroatoms. The molecule has 0 bridgehead atoms. The molecule has 1 heterocycles. The van der Waals surface area contributed by atoms with E-state index in [0.29, 0.717) is 0 Å². The van der Waals surface area contributed by atoms with Gasteiger partial charge in [-0.1, -0.05) is 17.7 Å². The lowest BCUT2D eigenvalue weighted by Gasteiger charge is -2.34. The second-order valence-corrected chi connectivity index (χ2v) is 7.09. The van der Waals surface area contributed by atoms with Crippen molar-refractivity contribution >= 4 is 17.3 Å². The third-order valence-corrected chi connectivity index (χ3v) is 3.98. The Morgan fingerprint density at radius 3 is 2.35 bits per heavy atom. The fourth-order valence-corrected chi connectivity index (χ4v) is 2.65. The lowest BCUT2D eigenvalue weighted by Crippen LogP contribution is -2.44. The molecule has 1 aliphatic heterocycles. The Kier molecular flexibility index (Phi) is 4.95. The van der Waals surface area contributed by atoms with Crippen LogP contribution in [0.4, 0.5) is 5.69 Å². The molecule has 0 aromatic heterocycles. The van der Waals surface area contributed by atoms with Gasteiger partial charge in [0, 0.05) is 38.3 Å². The second kappa shape index (κ2) is 6.33. The van der Waals surface area contributed by atoms with Crippen molar-refractivity contribution in [3.8, 4) is 0 Å². The molecule has 1 aromatic carbocycles. The van der Waals surface area contributed by atoms with Crippen molar-refractivity contribution in [2.75, 3.05) is 38.1 Å². The Morgan fingerprint density at radius 2 is 1.80 bits per heavy atom. The lowest BCUT2D eigenvalue weighted by atomic mass is 10.1. The van der Waals surface area contributed by atoms with Gasteiger partial charge in [-0.25, -0.2) is 0 Å². The maximum Gasteiger partial charge on any atom is 0.0642 e. The summed E-state index contributed by atoms with van der Waals surface area (Å²) in [7, 11) is 2.17. The molecule has 0 atom stereocenters. The number of halogens is 1. The van der Waals surface area contributed by atoms with Gasteiger partial charge in [-0.15, -0.1) is 0 Å². The van der Waals surface area contributed by atoms with Crippen molar-refractivity contribution in [1.82, 2.24) is 10.2 Å². The topological polar surface area (TPSA) is 18.5 Å². The van der Waals surface area contributed by atoms with E-state index in [0.717, 1.165) is 37.7 Å². The molecule has 1 fully saturated rings. The van der Waals surface area contributed by atoms with E-state index < -0.39 is 0 Å². The van der Waals surface area contributed by atoms with Crippen LogP contribution < -0.4 is 10.2 Å². The monoisotopic (exact) mass is 295 g/mol. The number of likely N-dealkylation sites (N-methyl/N-ethyl adjacent to an activating group) is 1. The van der Waals surface area contributed by atoms with E-state index in [1.165, 1.54) is 11.3 Å². The van der Waals surface area contributed by atoms with Crippen molar-refractivity contribution in [2.24, 2.45) is 0 Å². The third-order valence-electron chi connectivity index (χ3n) is 3.68. The number of piperazine rings is 1. The van der Waals surface area contributed by atoms with Crippen LogP contribution in [0, 0.1) is 0 Å². The van der Waals surface area contributed by atoms with Crippen LogP contribution in [-0.4, -0.2) is 43.7 Å². The summed E-state index contributed by atoms with van der Waals surface area (Å²) in [6.07, 6.45) is 0. The highest BCUT2D eigenvalue weighted by Crippen LogP contribution is 2.27. The molecule has 1 aliphatic rings. The van der Waals surface area contributed by atoms with E-state index in [-0.39, 0.29) is 5.54 Å². The molecule has 1 N–H and O–H groups in total. The average Bonchev–Trinajstić information content (AvgIpc) is 2.37. The van der Waals surface area contributed by atoms with Crippen molar-refractivity contribution in [1.29, 1.82) is 0 Å². The normalized spacial score (nSPS) is 17.6. The molecule has 0 aliphatic carbocycles. The fraction of sp³-hybridized carbons (Fsp3) is 0.625. The molecular weight excluding hydrogens is 270 g/mol. The molecular formula is C16H26ClN3. The van der Waals surface area contributed by atoms with Crippen LogP contribution in [0.2, 0.25) is 5.02 Å². The number of benzene rings is 1. The van der Waals surface area contributed by atoms with Crippen LogP contribution in [-0.2, 0) is 6.54 Å². The number of hydrogen-bond donors (Lipinski definition) is 1. The molecule has 20 heavy (non-hydrogen) atoms. The van der Waals surface area contributed by atoms with E-state index in [2.05, 4.69) is 61.1 Å². The number of nitrogens with one attached hydrogen (secondary N) is 1. The highest BCUT2D eigenvalue weighted by molar-refractivity contribution is 6.33. The third kappa shape index (κ3) is 4.37. The average molecular weight is 296 g/mol. The van der Waals surface area contributed by atoms with Gasteiger partial charge in [0.2, 0.25) is 0 Å². The van der Waals surface area contributed by atoms with Crippen LogP contribution in [0.3, 0.4) is 0 Å². The second-order valence-electron chi connectivity index (χ2n) is 6.68. The first kappa shape index (κ1) is 15.6. The van der Waals surface area contributed by atoms with Crippen molar-refractivity contribution < 1.29 is 0 Å². The minimum Gasteiger partial charge on any atom is -0.368 e. The summed E-state index contributed by atoms with van der Waals surface area (Å²) in [6.45, 7) is 11.7. The smallest absolute Gasteiger partial charge is 0.0642 e. The van der Waals surface area contributed by atoms with E-state index in [4.69, 9.17) is 11.6 Å². The molecule has 0 saturated carbocycles. The molecule has 3 nitrogen and oxygen atoms in total. The summed E-state index contributed by atoms with van der Waals surface area (Å²) in [5.41, 5.74) is 2.53. The Balaban J connectivity index is 2.02. The highest BCUT2D eigenvalue weighted by atomic mass is 35.5. The van der Waals surface area contributed by atoms with Gasteiger partial charge in [0.25, 0.3) is 0 Å². The zero-order valence-electron chi connectivity index (χ0n) is 13.0. The summed E-state index contributed by atoms with van der Waals surface area (Å²) >= 11 is 6.47. The fourth-order valence-electron chi connectivity index (χ4n) is 2.33. The molecule has 1 aromatic rings. The van der Waals surface area contributed by atoms with E-state index in [1.54, 1.807) is 0 Å². The quantitative estimate of drug-likeness (QED) is 0.925. The van der Waals surface area contributed by atoms with E-state index >= 15 is 0 Å². The van der Waals surface area contributed by atoms with Gasteiger partial charge >= 0.3 is 0 Å². The van der Waals surface area contributed by atoms with Gasteiger partial charge in [-0.05, 0) is 45.5 Å². The lowest BCUT2D eigenvalue weighted by molar-refractivity contribution is 0.313. The van der Waals surface area contributed by atoms with Crippen LogP contribution in [0.25, 0.3) is 0 Å². The van der Waals surface area contributed by atoms with Crippen molar-refractivity contribution in [3.05, 3.63) is 28.8 Å². The molecule has 0 amide bonds. The van der Waals surface area contributed by atoms with Gasteiger partial charge in [0.15, 0.2) is 0 Å². The maximum absolute atomic E-state index is 6.47. The number of anilines is 1. The zero-order valence-corrected chi connectivity index (χ0v) is 13.8. The first-order chi connectivity index (χ1) is 9.35. The van der Waals surface area contributed by atoms with Crippen molar-refractivity contribution in [2.45, 2.75) is 32.9 Å². The molecule has 1 saturated heterocycles. The van der Waals surface area contributed by atoms with Gasteiger partial charge in [0.1, 0.15) is 0 Å². The summed E-state index contributed by atoms with van der Waals surface area (Å²) in [4.78, 5) is 4.73. The van der Waals surface area contributed by atoms with Crippen LogP contribution in [0.5, 0.6) is 0 Å². The molecule has 0 radical (unpaired) electrons. The predicted octanol–water partition coefficient (Wildman–Crippen LogP) is 2.98. The Morgan fingerprint density at radius 1 is 1.15 bits per heavy atom. The minimum atomic E-state index is 0.128. The van der Waals surface area contributed by atoms with Crippen LogP contribution in [0.1, 0.15) is 26.3 Å². The van der Waals surface area contributed by atoms with Gasteiger partial charge < -0.3 is 15.1 Å². The van der Waals surface area contributed by atoms with Crippen molar-refractivity contribution in [3.63, 3.8) is 0 Å². The highest BCUT2D eigenvalue weighted by Gasteiger charge is 2.17. The van der Waals surface area contributed by atoms with Crippen LogP contribution >= 0.6 is 11.6 Å². The summed E-state index contributed by atoms with van der Waals surface area (Å²) in [5.74, 6) is 0. The summed E-state index contributed by atoms with van der Waals surface area (Å²) in [6, 6.07) is 6.43. The van der Waals surface area contributed by atoms with Gasteiger partial charge in [-0.3, -0.25) is 0 Å². The predicted molar refractivity (Wildman–Crippen MR) is 87.8 cm³/mol.